The first-order valence-electron chi connectivity index (χ1n) is 5.16. The summed E-state index contributed by atoms with van der Waals surface area (Å²) in [7, 11) is 0. The van der Waals surface area contributed by atoms with E-state index in [-0.39, 0.29) is 5.91 Å². The zero-order chi connectivity index (χ0) is 11.4. The molecule has 0 bridgehead atoms. The molecule has 1 aliphatic rings. The molecule has 1 N–H and O–H groups in total. The summed E-state index contributed by atoms with van der Waals surface area (Å²) >= 11 is 1.56. The molecule has 1 saturated heterocycles. The highest BCUT2D eigenvalue weighted by atomic mass is 32.2. The van der Waals surface area contributed by atoms with Crippen LogP contribution < -0.4 is 0 Å². The van der Waals surface area contributed by atoms with Gasteiger partial charge in [-0.05, 0) is 18.1 Å². The van der Waals surface area contributed by atoms with Crippen LogP contribution in [0.2, 0.25) is 0 Å². The van der Waals surface area contributed by atoms with Crippen LogP contribution in [0.3, 0.4) is 0 Å². The van der Waals surface area contributed by atoms with E-state index in [1.165, 1.54) is 4.90 Å². The van der Waals surface area contributed by atoms with Crippen LogP contribution >= 0.6 is 11.8 Å². The highest BCUT2D eigenvalue weighted by molar-refractivity contribution is 8.00. The second kappa shape index (κ2) is 5.39. The Bertz CT molecular complexity index is 255. The van der Waals surface area contributed by atoms with E-state index in [2.05, 4.69) is 0 Å². The molecule has 1 amide bonds. The molecular weight excluding hydrogens is 214 g/mol. The van der Waals surface area contributed by atoms with E-state index in [1.807, 2.05) is 13.8 Å². The van der Waals surface area contributed by atoms with Gasteiger partial charge in [0.2, 0.25) is 5.91 Å². The van der Waals surface area contributed by atoms with E-state index in [1.54, 1.807) is 11.8 Å². The number of hydrogen-bond acceptors (Lipinski definition) is 3. The van der Waals surface area contributed by atoms with E-state index >= 15 is 0 Å². The maximum atomic E-state index is 11.7. The summed E-state index contributed by atoms with van der Waals surface area (Å²) in [5, 5.41) is 9.31. The number of amides is 1. The molecule has 0 spiro atoms. The molecule has 0 radical (unpaired) electrons. The third-order valence-electron chi connectivity index (χ3n) is 2.40. The number of nitrogens with zero attached hydrogens (tertiary/aromatic N) is 1. The number of likely N-dealkylation sites (tertiary alicyclic amines) is 1. The molecule has 0 aromatic heterocycles. The molecule has 4 nitrogen and oxygen atoms in total. The maximum Gasteiger partial charge on any atom is 0.326 e. The molecule has 1 rings (SSSR count). The van der Waals surface area contributed by atoms with Crippen molar-refractivity contribution in [3.63, 3.8) is 0 Å². The van der Waals surface area contributed by atoms with Gasteiger partial charge in [-0.3, -0.25) is 4.79 Å². The van der Waals surface area contributed by atoms with Crippen LogP contribution in [0.4, 0.5) is 0 Å². The Kier molecular flexibility index (Phi) is 4.45. The maximum absolute atomic E-state index is 11.7. The van der Waals surface area contributed by atoms with Gasteiger partial charge >= 0.3 is 5.97 Å². The molecule has 5 heteroatoms. The highest BCUT2D eigenvalue weighted by Crippen LogP contribution is 2.19. The van der Waals surface area contributed by atoms with Crippen molar-refractivity contribution in [2.75, 3.05) is 12.3 Å². The smallest absolute Gasteiger partial charge is 0.326 e. The van der Waals surface area contributed by atoms with Gasteiger partial charge in [-0.2, -0.15) is 0 Å². The average molecular weight is 231 g/mol. The molecule has 1 atom stereocenters. The van der Waals surface area contributed by atoms with Crippen molar-refractivity contribution in [3.05, 3.63) is 0 Å². The van der Waals surface area contributed by atoms with Gasteiger partial charge in [0.15, 0.2) is 0 Å². The fourth-order valence-corrected chi connectivity index (χ4v) is 2.28. The van der Waals surface area contributed by atoms with E-state index in [0.29, 0.717) is 24.0 Å². The van der Waals surface area contributed by atoms with Crippen molar-refractivity contribution in [1.29, 1.82) is 0 Å². The van der Waals surface area contributed by atoms with Gasteiger partial charge < -0.3 is 10.0 Å². The van der Waals surface area contributed by atoms with Gasteiger partial charge in [0, 0.05) is 6.54 Å². The normalized spacial score (nSPS) is 21.0. The molecule has 15 heavy (non-hydrogen) atoms. The second-order valence-electron chi connectivity index (χ2n) is 3.94. The lowest BCUT2D eigenvalue weighted by Crippen LogP contribution is -2.41. The van der Waals surface area contributed by atoms with E-state index in [4.69, 9.17) is 5.11 Å². The van der Waals surface area contributed by atoms with Crippen LogP contribution in [-0.4, -0.2) is 45.5 Å². The Balaban J connectivity index is 2.47. The minimum Gasteiger partial charge on any atom is -0.480 e. The summed E-state index contributed by atoms with van der Waals surface area (Å²) < 4.78 is 0. The largest absolute Gasteiger partial charge is 0.480 e. The second-order valence-corrected chi connectivity index (χ2v) is 5.51. The third kappa shape index (κ3) is 3.41. The zero-order valence-corrected chi connectivity index (χ0v) is 9.92. The minimum atomic E-state index is -0.879. The highest BCUT2D eigenvalue weighted by Gasteiger charge is 2.33. The van der Waals surface area contributed by atoms with Crippen molar-refractivity contribution in [1.82, 2.24) is 4.90 Å². The van der Waals surface area contributed by atoms with Gasteiger partial charge in [0.1, 0.15) is 6.04 Å². The molecule has 1 fully saturated rings. The molecule has 1 heterocycles. The lowest BCUT2D eigenvalue weighted by Gasteiger charge is -2.21. The molecular formula is C10H17NO3S. The summed E-state index contributed by atoms with van der Waals surface area (Å²) in [6, 6.07) is -0.592. The molecule has 0 saturated carbocycles. The van der Waals surface area contributed by atoms with Gasteiger partial charge in [-0.25, -0.2) is 4.79 Å². The number of carboxylic acid groups (broad SMARTS) is 1. The summed E-state index contributed by atoms with van der Waals surface area (Å²) in [6.45, 7) is 4.64. The quantitative estimate of drug-likeness (QED) is 0.790. The van der Waals surface area contributed by atoms with Crippen molar-refractivity contribution in [2.24, 2.45) is 0 Å². The van der Waals surface area contributed by atoms with Crippen LogP contribution in [0.15, 0.2) is 0 Å². The molecule has 0 aromatic rings. The lowest BCUT2D eigenvalue weighted by molar-refractivity contribution is -0.147. The first-order chi connectivity index (χ1) is 7.02. The number of rotatable bonds is 4. The Morgan fingerprint density at radius 3 is 2.73 bits per heavy atom. The fraction of sp³-hybridized carbons (Fsp3) is 0.800. The standard InChI is InChI=1S/C10H17NO3S/c1-7(2)15-6-9(12)11-5-3-4-8(11)10(13)14/h7-8H,3-6H2,1-2H3,(H,13,14)/t8-/m0/s1. The molecule has 86 valence electrons. The molecule has 1 aliphatic heterocycles. The van der Waals surface area contributed by atoms with Crippen molar-refractivity contribution >= 4 is 23.6 Å². The lowest BCUT2D eigenvalue weighted by atomic mass is 10.2. The predicted octanol–water partition coefficient (Wildman–Crippen LogP) is 1.20. The Labute approximate surface area is 94.0 Å². The minimum absolute atomic E-state index is 0.0430. The number of hydrogen-bond donors (Lipinski definition) is 1. The number of thioether (sulfide) groups is 1. The summed E-state index contributed by atoms with van der Waals surface area (Å²) in [4.78, 5) is 24.1. The first-order valence-corrected chi connectivity index (χ1v) is 6.21. The molecule has 0 aromatic carbocycles. The molecule has 0 unspecified atom stereocenters. The van der Waals surface area contributed by atoms with Gasteiger partial charge in [0.05, 0.1) is 5.75 Å². The van der Waals surface area contributed by atoms with Crippen LogP contribution in [-0.2, 0) is 9.59 Å². The summed E-state index contributed by atoms with van der Waals surface area (Å²) in [5.41, 5.74) is 0. The van der Waals surface area contributed by atoms with Gasteiger partial charge in [0.25, 0.3) is 0 Å². The van der Waals surface area contributed by atoms with Crippen molar-refractivity contribution in [3.8, 4) is 0 Å². The Morgan fingerprint density at radius 2 is 2.20 bits per heavy atom. The Morgan fingerprint density at radius 1 is 1.53 bits per heavy atom. The van der Waals surface area contributed by atoms with Crippen molar-refractivity contribution in [2.45, 2.75) is 38.0 Å². The van der Waals surface area contributed by atoms with Crippen LogP contribution in [0.5, 0.6) is 0 Å². The molecule has 0 aliphatic carbocycles. The first kappa shape index (κ1) is 12.4. The average Bonchev–Trinajstić information content (AvgIpc) is 2.62. The Hall–Kier alpha value is -0.710. The predicted molar refractivity (Wildman–Crippen MR) is 60.0 cm³/mol. The van der Waals surface area contributed by atoms with Gasteiger partial charge in [-0.15, -0.1) is 11.8 Å². The van der Waals surface area contributed by atoms with E-state index in [0.717, 1.165) is 6.42 Å². The summed E-state index contributed by atoms with van der Waals surface area (Å²) in [6.07, 6.45) is 1.39. The monoisotopic (exact) mass is 231 g/mol. The van der Waals surface area contributed by atoms with E-state index in [9.17, 15) is 9.59 Å². The van der Waals surface area contributed by atoms with Crippen LogP contribution in [0.1, 0.15) is 26.7 Å². The number of carbonyl (C=O) groups is 2. The van der Waals surface area contributed by atoms with Crippen molar-refractivity contribution < 1.29 is 14.7 Å². The van der Waals surface area contributed by atoms with E-state index < -0.39 is 12.0 Å². The number of carbonyl (C=O) groups excluding carboxylic acids is 1. The topological polar surface area (TPSA) is 57.6 Å². The SMILES string of the molecule is CC(C)SCC(=O)N1CCC[C@H]1C(=O)O. The van der Waals surface area contributed by atoms with Crippen LogP contribution in [0.25, 0.3) is 0 Å². The fourth-order valence-electron chi connectivity index (χ4n) is 1.64. The summed E-state index contributed by atoms with van der Waals surface area (Å²) in [5.74, 6) is -0.532. The third-order valence-corrected chi connectivity index (χ3v) is 3.48. The number of carboxylic acids is 1. The van der Waals surface area contributed by atoms with Crippen LogP contribution in [0, 0.1) is 0 Å². The number of aliphatic carboxylic acids is 1. The van der Waals surface area contributed by atoms with Gasteiger partial charge in [-0.1, -0.05) is 13.8 Å². The zero-order valence-electron chi connectivity index (χ0n) is 9.10.